The van der Waals surface area contributed by atoms with Crippen LogP contribution in [0.25, 0.3) is 11.0 Å². The van der Waals surface area contributed by atoms with Crippen molar-refractivity contribution in [2.75, 3.05) is 0 Å². The molecule has 0 aliphatic rings. The van der Waals surface area contributed by atoms with Crippen LogP contribution < -0.4 is 0 Å². The van der Waals surface area contributed by atoms with Gasteiger partial charge in [0.05, 0.1) is 17.6 Å². The quantitative estimate of drug-likeness (QED) is 0.804. The maximum Gasteiger partial charge on any atom is 0.335 e. The van der Waals surface area contributed by atoms with Crippen molar-refractivity contribution in [2.24, 2.45) is 0 Å². The van der Waals surface area contributed by atoms with Gasteiger partial charge in [0.15, 0.2) is 0 Å². The summed E-state index contributed by atoms with van der Waals surface area (Å²) < 4.78 is 27.9. The topological polar surface area (TPSA) is 68.0 Å². The molecule has 0 atom stereocenters. The van der Waals surface area contributed by atoms with E-state index in [1.54, 1.807) is 6.07 Å². The smallest absolute Gasteiger partial charge is 0.335 e. The van der Waals surface area contributed by atoms with Gasteiger partial charge in [0.25, 0.3) is 0 Å². The van der Waals surface area contributed by atoms with Crippen LogP contribution in [0.2, 0.25) is 0 Å². The molecule has 0 saturated heterocycles. The first-order valence-electron chi connectivity index (χ1n) is 6.05. The van der Waals surface area contributed by atoms with Crippen molar-refractivity contribution in [2.45, 2.75) is 6.54 Å². The number of hydrogen-bond acceptors (Lipinski definition) is 3. The lowest BCUT2D eigenvalue weighted by atomic mass is 10.2. The average Bonchev–Trinajstić information content (AvgIpc) is 2.84. The van der Waals surface area contributed by atoms with Gasteiger partial charge in [-0.15, -0.1) is 5.10 Å². The number of benzene rings is 2. The monoisotopic (exact) mass is 289 g/mol. The molecule has 0 aliphatic carbocycles. The SMILES string of the molecule is O=C(O)c1ccc2c(c1)nnn2Cc1ccc(F)cc1F. The second kappa shape index (κ2) is 4.93. The lowest BCUT2D eigenvalue weighted by Crippen LogP contribution is -2.04. The van der Waals surface area contributed by atoms with E-state index in [1.165, 1.54) is 28.9 Å². The van der Waals surface area contributed by atoms with Gasteiger partial charge in [-0.05, 0) is 24.3 Å². The Morgan fingerprint density at radius 3 is 2.71 bits per heavy atom. The molecule has 21 heavy (non-hydrogen) atoms. The summed E-state index contributed by atoms with van der Waals surface area (Å²) in [6, 6.07) is 7.68. The highest BCUT2D eigenvalue weighted by Gasteiger charge is 2.11. The third-order valence-corrected chi connectivity index (χ3v) is 3.10. The zero-order valence-electron chi connectivity index (χ0n) is 10.6. The highest BCUT2D eigenvalue weighted by molar-refractivity contribution is 5.92. The number of hydrogen-bond donors (Lipinski definition) is 1. The fourth-order valence-electron chi connectivity index (χ4n) is 2.03. The van der Waals surface area contributed by atoms with Crippen molar-refractivity contribution in [3.05, 3.63) is 59.2 Å². The van der Waals surface area contributed by atoms with Gasteiger partial charge < -0.3 is 5.11 Å². The largest absolute Gasteiger partial charge is 0.478 e. The van der Waals surface area contributed by atoms with Crippen molar-refractivity contribution >= 4 is 17.0 Å². The van der Waals surface area contributed by atoms with Crippen LogP contribution in [0.1, 0.15) is 15.9 Å². The normalized spacial score (nSPS) is 11.0. The first-order chi connectivity index (χ1) is 10.0. The number of rotatable bonds is 3. The molecule has 5 nitrogen and oxygen atoms in total. The van der Waals surface area contributed by atoms with E-state index in [0.717, 1.165) is 6.07 Å². The van der Waals surface area contributed by atoms with E-state index >= 15 is 0 Å². The average molecular weight is 289 g/mol. The fraction of sp³-hybridized carbons (Fsp3) is 0.0714. The molecule has 2 aromatic carbocycles. The van der Waals surface area contributed by atoms with Gasteiger partial charge in [0.2, 0.25) is 0 Å². The Labute approximate surface area is 117 Å². The number of carbonyl (C=O) groups is 1. The molecule has 0 unspecified atom stereocenters. The van der Waals surface area contributed by atoms with E-state index in [4.69, 9.17) is 5.11 Å². The van der Waals surface area contributed by atoms with Crippen LogP contribution in [0, 0.1) is 11.6 Å². The second-order valence-electron chi connectivity index (χ2n) is 4.49. The molecule has 3 rings (SSSR count). The van der Waals surface area contributed by atoms with E-state index in [-0.39, 0.29) is 17.7 Å². The van der Waals surface area contributed by atoms with E-state index in [2.05, 4.69) is 10.3 Å². The van der Waals surface area contributed by atoms with Crippen LogP contribution in [0.5, 0.6) is 0 Å². The summed E-state index contributed by atoms with van der Waals surface area (Å²) in [6.45, 7) is 0.0784. The van der Waals surface area contributed by atoms with Gasteiger partial charge in [-0.25, -0.2) is 18.3 Å². The number of carboxylic acids is 1. The fourth-order valence-corrected chi connectivity index (χ4v) is 2.03. The molecule has 106 valence electrons. The maximum atomic E-state index is 13.6. The van der Waals surface area contributed by atoms with E-state index in [9.17, 15) is 13.6 Å². The van der Waals surface area contributed by atoms with Crippen molar-refractivity contribution in [1.29, 1.82) is 0 Å². The van der Waals surface area contributed by atoms with Gasteiger partial charge in [0, 0.05) is 11.6 Å². The molecule has 0 aliphatic heterocycles. The van der Waals surface area contributed by atoms with Crippen molar-refractivity contribution in [1.82, 2.24) is 15.0 Å². The molecule has 0 fully saturated rings. The van der Waals surface area contributed by atoms with Gasteiger partial charge in [0.1, 0.15) is 17.2 Å². The number of nitrogens with zero attached hydrogens (tertiary/aromatic N) is 3. The third-order valence-electron chi connectivity index (χ3n) is 3.10. The van der Waals surface area contributed by atoms with Crippen molar-refractivity contribution < 1.29 is 18.7 Å². The Morgan fingerprint density at radius 2 is 2.00 bits per heavy atom. The lowest BCUT2D eigenvalue weighted by molar-refractivity contribution is 0.0697. The van der Waals surface area contributed by atoms with Crippen LogP contribution in [-0.2, 0) is 6.54 Å². The van der Waals surface area contributed by atoms with E-state index in [1.807, 2.05) is 0 Å². The minimum Gasteiger partial charge on any atom is -0.478 e. The van der Waals surface area contributed by atoms with Crippen LogP contribution in [0.3, 0.4) is 0 Å². The molecular formula is C14H9F2N3O2. The number of halogens is 2. The molecular weight excluding hydrogens is 280 g/mol. The third kappa shape index (κ3) is 2.45. The first-order valence-corrected chi connectivity index (χ1v) is 6.05. The summed E-state index contributed by atoms with van der Waals surface area (Å²) in [5, 5.41) is 16.6. The second-order valence-corrected chi connectivity index (χ2v) is 4.49. The number of aromatic carboxylic acids is 1. The number of fused-ring (bicyclic) bond motifs is 1. The summed E-state index contributed by atoms with van der Waals surface area (Å²) in [7, 11) is 0. The predicted molar refractivity (Wildman–Crippen MR) is 69.9 cm³/mol. The minimum atomic E-state index is -1.06. The molecule has 0 amide bonds. The van der Waals surface area contributed by atoms with Crippen LogP contribution in [0.15, 0.2) is 36.4 Å². The molecule has 1 N–H and O–H groups in total. The molecule has 7 heteroatoms. The van der Waals surface area contributed by atoms with Crippen molar-refractivity contribution in [3.8, 4) is 0 Å². The Morgan fingerprint density at radius 1 is 1.19 bits per heavy atom. The van der Waals surface area contributed by atoms with E-state index in [0.29, 0.717) is 11.0 Å². The molecule has 0 bridgehead atoms. The van der Waals surface area contributed by atoms with Crippen LogP contribution in [0.4, 0.5) is 8.78 Å². The first kappa shape index (κ1) is 13.2. The summed E-state index contributed by atoms with van der Waals surface area (Å²) in [6.07, 6.45) is 0. The summed E-state index contributed by atoms with van der Waals surface area (Å²) in [5.41, 5.74) is 1.34. The molecule has 1 heterocycles. The maximum absolute atomic E-state index is 13.6. The Hall–Kier alpha value is -2.83. The molecule has 0 saturated carbocycles. The van der Waals surface area contributed by atoms with Crippen LogP contribution >= 0.6 is 0 Å². The molecule has 1 aromatic heterocycles. The Bertz CT molecular complexity index is 845. The van der Waals surface area contributed by atoms with Gasteiger partial charge >= 0.3 is 5.97 Å². The number of aromatic nitrogens is 3. The standard InChI is InChI=1S/C14H9F2N3O2/c15-10-3-1-9(11(16)6-10)7-19-13-4-2-8(14(20)21)5-12(13)17-18-19/h1-6H,7H2,(H,20,21). The highest BCUT2D eigenvalue weighted by Crippen LogP contribution is 2.17. The lowest BCUT2D eigenvalue weighted by Gasteiger charge is -2.04. The summed E-state index contributed by atoms with van der Waals surface area (Å²) in [5.74, 6) is -2.37. The van der Waals surface area contributed by atoms with Gasteiger partial charge in [-0.1, -0.05) is 11.3 Å². The molecule has 0 spiro atoms. The molecule has 0 radical (unpaired) electrons. The minimum absolute atomic E-state index is 0.0784. The van der Waals surface area contributed by atoms with Crippen molar-refractivity contribution in [3.63, 3.8) is 0 Å². The number of carboxylic acid groups (broad SMARTS) is 1. The Balaban J connectivity index is 1.99. The molecule has 3 aromatic rings. The summed E-state index contributed by atoms with van der Waals surface area (Å²) in [4.78, 5) is 10.9. The zero-order chi connectivity index (χ0) is 15.0. The van der Waals surface area contributed by atoms with E-state index < -0.39 is 17.6 Å². The Kier molecular flexibility index (Phi) is 3.09. The highest BCUT2D eigenvalue weighted by atomic mass is 19.1. The predicted octanol–water partition coefficient (Wildman–Crippen LogP) is 2.46. The zero-order valence-corrected chi connectivity index (χ0v) is 10.6. The van der Waals surface area contributed by atoms with Gasteiger partial charge in [-0.3, -0.25) is 0 Å². The van der Waals surface area contributed by atoms with Crippen LogP contribution in [-0.4, -0.2) is 26.1 Å². The van der Waals surface area contributed by atoms with Gasteiger partial charge in [-0.2, -0.15) is 0 Å². The summed E-state index contributed by atoms with van der Waals surface area (Å²) >= 11 is 0.